The van der Waals surface area contributed by atoms with Crippen LogP contribution in [0.1, 0.15) is 11.7 Å². The number of hydrogen-bond acceptors (Lipinski definition) is 11. The molecule has 0 spiro atoms. The molecule has 31 heavy (non-hydrogen) atoms. The Bertz CT molecular complexity index is 1120. The average Bonchev–Trinajstić information content (AvgIpc) is 3.39. The van der Waals surface area contributed by atoms with Crippen molar-refractivity contribution in [2.75, 3.05) is 6.61 Å². The number of halogens is 2. The predicted molar refractivity (Wildman–Crippen MR) is 115 cm³/mol. The summed E-state index contributed by atoms with van der Waals surface area (Å²) >= 11 is 11.6. The van der Waals surface area contributed by atoms with Crippen LogP contribution in [0, 0.1) is 11.3 Å². The van der Waals surface area contributed by atoms with Gasteiger partial charge in [-0.15, -0.1) is 16.4 Å². The Morgan fingerprint density at radius 1 is 1.39 bits per heavy atom. The van der Waals surface area contributed by atoms with Crippen LogP contribution in [-0.2, 0) is 4.74 Å². The Morgan fingerprint density at radius 2 is 2.19 bits per heavy atom. The molecule has 0 aliphatic carbocycles. The number of pyridine rings is 1. The van der Waals surface area contributed by atoms with E-state index in [0.717, 1.165) is 11.8 Å². The number of rotatable bonds is 5. The molecule has 1 saturated heterocycles. The Balaban J connectivity index is 1.60. The Hall–Kier alpha value is -1.63. The second-order valence-electron chi connectivity index (χ2n) is 6.49. The third kappa shape index (κ3) is 4.62. The summed E-state index contributed by atoms with van der Waals surface area (Å²) < 4.78 is 7.56. The summed E-state index contributed by atoms with van der Waals surface area (Å²) in [5.74, 6) is 0. The lowest BCUT2D eigenvalue weighted by Gasteiger charge is -2.41. The lowest BCUT2D eigenvalue weighted by Crippen LogP contribution is -2.55. The van der Waals surface area contributed by atoms with Gasteiger partial charge in [0.25, 0.3) is 0 Å². The number of thiazole rings is 1. The molecule has 0 aromatic carbocycles. The number of aliphatic hydroxyl groups excluding tert-OH is 3. The Labute approximate surface area is 197 Å². The van der Waals surface area contributed by atoms with Gasteiger partial charge in [-0.05, 0) is 22.0 Å². The first kappa shape index (κ1) is 22.6. The van der Waals surface area contributed by atoms with E-state index < -0.39 is 36.4 Å². The largest absolute Gasteiger partial charge is 0.394 e. The third-order valence-electron chi connectivity index (χ3n) is 4.53. The zero-order valence-corrected chi connectivity index (χ0v) is 19.4. The molecule has 0 amide bonds. The van der Waals surface area contributed by atoms with Gasteiger partial charge < -0.3 is 20.1 Å². The molecular weight excluding hydrogens is 532 g/mol. The van der Waals surface area contributed by atoms with E-state index in [1.807, 2.05) is 6.07 Å². The minimum atomic E-state index is -1.24. The van der Waals surface area contributed by atoms with E-state index in [9.17, 15) is 15.3 Å². The highest BCUT2D eigenvalue weighted by Crippen LogP contribution is 2.39. The van der Waals surface area contributed by atoms with E-state index in [-0.39, 0.29) is 5.69 Å². The van der Waals surface area contributed by atoms with E-state index in [2.05, 4.69) is 36.2 Å². The van der Waals surface area contributed by atoms with Crippen LogP contribution in [0.25, 0.3) is 10.7 Å². The maximum atomic E-state index is 11.0. The molecule has 0 radical (unpaired) electrons. The molecule has 1 fully saturated rings. The molecule has 14 heteroatoms. The minimum absolute atomic E-state index is 0.230. The smallest absolute Gasteiger partial charge is 0.154 e. The van der Waals surface area contributed by atoms with Crippen molar-refractivity contribution in [2.45, 2.75) is 34.7 Å². The van der Waals surface area contributed by atoms with Crippen molar-refractivity contribution in [3.05, 3.63) is 39.2 Å². The topological polar surface area (TPSA) is 150 Å². The van der Waals surface area contributed by atoms with E-state index in [0.29, 0.717) is 25.2 Å². The molecule has 3 aromatic heterocycles. The van der Waals surface area contributed by atoms with Crippen molar-refractivity contribution in [1.29, 1.82) is 5.26 Å². The van der Waals surface area contributed by atoms with Gasteiger partial charge in [0, 0.05) is 16.5 Å². The van der Waals surface area contributed by atoms with E-state index >= 15 is 0 Å². The second kappa shape index (κ2) is 9.47. The lowest BCUT2D eigenvalue weighted by atomic mass is 9.97. The summed E-state index contributed by atoms with van der Waals surface area (Å²) in [6, 6.07) is 2.70. The van der Waals surface area contributed by atoms with Crippen LogP contribution in [0.3, 0.4) is 0 Å². The van der Waals surface area contributed by atoms with Gasteiger partial charge in [-0.1, -0.05) is 28.6 Å². The molecule has 0 bridgehead atoms. The fourth-order valence-electron chi connectivity index (χ4n) is 3.07. The van der Waals surface area contributed by atoms with Crippen LogP contribution in [0.2, 0.25) is 5.15 Å². The van der Waals surface area contributed by atoms with Crippen molar-refractivity contribution >= 4 is 50.6 Å². The number of hydrogen-bond donors (Lipinski definition) is 3. The number of ether oxygens (including phenoxy) is 1. The quantitative estimate of drug-likeness (QED) is 0.433. The molecule has 4 rings (SSSR count). The van der Waals surface area contributed by atoms with Crippen LogP contribution in [0.5, 0.6) is 0 Å². The maximum Gasteiger partial charge on any atom is 0.154 e. The first-order valence-electron chi connectivity index (χ1n) is 8.79. The zero-order chi connectivity index (χ0) is 22.1. The number of aliphatic hydroxyl groups is 3. The first-order valence-corrected chi connectivity index (χ1v) is 11.7. The van der Waals surface area contributed by atoms with Crippen molar-refractivity contribution in [1.82, 2.24) is 25.0 Å². The number of thioether (sulfide) groups is 1. The van der Waals surface area contributed by atoms with Gasteiger partial charge in [0.2, 0.25) is 0 Å². The average molecular weight is 546 g/mol. The molecule has 10 nitrogen and oxygen atoms in total. The first-order chi connectivity index (χ1) is 14.9. The molecule has 5 unspecified atom stereocenters. The molecule has 162 valence electrons. The molecule has 0 saturated carbocycles. The fourth-order valence-corrected chi connectivity index (χ4v) is 5.62. The summed E-state index contributed by atoms with van der Waals surface area (Å²) in [7, 11) is 0. The summed E-state index contributed by atoms with van der Waals surface area (Å²) in [4.78, 5) is 8.81. The highest BCUT2D eigenvalue weighted by atomic mass is 79.9. The third-order valence-corrected chi connectivity index (χ3v) is 7.44. The van der Waals surface area contributed by atoms with Crippen molar-refractivity contribution in [3.63, 3.8) is 0 Å². The van der Waals surface area contributed by atoms with Gasteiger partial charge in [-0.25, -0.2) is 14.6 Å². The predicted octanol–water partition coefficient (Wildman–Crippen LogP) is 1.86. The van der Waals surface area contributed by atoms with Gasteiger partial charge in [0.05, 0.1) is 17.3 Å². The Morgan fingerprint density at radius 3 is 2.84 bits per heavy atom. The number of aromatic nitrogens is 5. The molecule has 4 heterocycles. The van der Waals surface area contributed by atoms with Gasteiger partial charge in [0.1, 0.15) is 51.7 Å². The monoisotopic (exact) mass is 544 g/mol. The van der Waals surface area contributed by atoms with E-state index in [4.69, 9.17) is 21.6 Å². The van der Waals surface area contributed by atoms with Crippen LogP contribution in [-0.4, -0.2) is 70.6 Å². The van der Waals surface area contributed by atoms with Crippen molar-refractivity contribution < 1.29 is 20.1 Å². The Kier molecular flexibility index (Phi) is 6.89. The summed E-state index contributed by atoms with van der Waals surface area (Å²) in [5.41, 5.74) is -0.185. The van der Waals surface area contributed by atoms with Crippen LogP contribution in [0.4, 0.5) is 0 Å². The highest BCUT2D eigenvalue weighted by Gasteiger charge is 2.46. The lowest BCUT2D eigenvalue weighted by molar-refractivity contribution is -0.178. The maximum absolute atomic E-state index is 11.0. The molecule has 3 aromatic rings. The van der Waals surface area contributed by atoms with Crippen LogP contribution < -0.4 is 0 Å². The molecule has 3 N–H and O–H groups in total. The number of nitrogens with zero attached hydrogens (tertiary/aromatic N) is 6. The minimum Gasteiger partial charge on any atom is -0.394 e. The second-order valence-corrected chi connectivity index (χ2v) is 9.76. The molecule has 5 atom stereocenters. The normalized spacial score (nSPS) is 26.0. The number of nitriles is 1. The van der Waals surface area contributed by atoms with Gasteiger partial charge >= 0.3 is 0 Å². The highest BCUT2D eigenvalue weighted by molar-refractivity contribution is 9.10. The fraction of sp³-hybridized carbons (Fsp3) is 0.353. The molecule has 1 aliphatic heterocycles. The van der Waals surface area contributed by atoms with Gasteiger partial charge in [0.15, 0.2) is 5.69 Å². The van der Waals surface area contributed by atoms with Crippen molar-refractivity contribution in [2.24, 2.45) is 0 Å². The SMILES string of the molecule is N#Cc1ncc(SC2OC(CO)C(O)C(n3cc(-c4nc(Cl)cs4)nn3)C2O)cc1Br. The zero-order valence-electron chi connectivity index (χ0n) is 15.4. The standard InChI is InChI=1S/C17H14BrClN6O4S2/c18-8-1-7(3-21-9(8)2-20)31-17-15(28)13(14(27)11(5-26)29-17)25-4-10(23-24-25)16-22-12(19)6-30-16/h1,3-4,6,11,13-15,17,26-28H,5H2. The van der Waals surface area contributed by atoms with Crippen LogP contribution >= 0.6 is 50.6 Å². The molecule has 1 aliphatic rings. The van der Waals surface area contributed by atoms with E-state index in [1.165, 1.54) is 22.2 Å². The van der Waals surface area contributed by atoms with E-state index in [1.54, 1.807) is 17.6 Å². The van der Waals surface area contributed by atoms with Crippen molar-refractivity contribution in [3.8, 4) is 16.8 Å². The summed E-state index contributed by atoms with van der Waals surface area (Å²) in [6.45, 7) is -0.458. The van der Waals surface area contributed by atoms with Gasteiger partial charge in [-0.2, -0.15) is 5.26 Å². The summed E-state index contributed by atoms with van der Waals surface area (Å²) in [6.07, 6.45) is -0.364. The van der Waals surface area contributed by atoms with Crippen LogP contribution in [0.15, 0.2) is 33.2 Å². The summed E-state index contributed by atoms with van der Waals surface area (Å²) in [5, 5.41) is 51.0. The molecular formula is C17H14BrClN6O4S2. The van der Waals surface area contributed by atoms with Gasteiger partial charge in [-0.3, -0.25) is 0 Å².